The van der Waals surface area contributed by atoms with E-state index in [-0.39, 0.29) is 10.6 Å². The van der Waals surface area contributed by atoms with Gasteiger partial charge in [-0.2, -0.15) is 8.42 Å². The standard InChI is InChI=1S/C11H11NO4S/c1-6-2-3-8-9(11(6)12)4-7(5-10(8)13)17(14,15)16/h2-5,13H,12H2,1H3,(H,14,15,16). The lowest BCUT2D eigenvalue weighted by atomic mass is 10.0. The van der Waals surface area contributed by atoms with Gasteiger partial charge in [0.2, 0.25) is 0 Å². The fourth-order valence-corrected chi connectivity index (χ4v) is 2.20. The molecule has 0 aliphatic rings. The molecule has 0 unspecified atom stereocenters. The third-order valence-electron chi connectivity index (χ3n) is 2.64. The van der Waals surface area contributed by atoms with Crippen molar-refractivity contribution in [1.82, 2.24) is 0 Å². The summed E-state index contributed by atoms with van der Waals surface area (Å²) in [6.07, 6.45) is 0. The van der Waals surface area contributed by atoms with E-state index in [2.05, 4.69) is 0 Å². The highest BCUT2D eigenvalue weighted by molar-refractivity contribution is 7.85. The Balaban J connectivity index is 2.94. The zero-order chi connectivity index (χ0) is 12.8. The molecule has 0 heterocycles. The Labute approximate surface area is 98.2 Å². The van der Waals surface area contributed by atoms with Gasteiger partial charge >= 0.3 is 0 Å². The summed E-state index contributed by atoms with van der Waals surface area (Å²) in [5.74, 6) is -0.234. The Kier molecular flexibility index (Phi) is 2.48. The lowest BCUT2D eigenvalue weighted by molar-refractivity contribution is 0.471. The molecule has 90 valence electrons. The smallest absolute Gasteiger partial charge is 0.294 e. The van der Waals surface area contributed by atoms with Gasteiger partial charge in [-0.15, -0.1) is 0 Å². The van der Waals surface area contributed by atoms with Crippen LogP contribution >= 0.6 is 0 Å². The maximum atomic E-state index is 11.0. The van der Waals surface area contributed by atoms with E-state index >= 15 is 0 Å². The molecule has 2 aromatic carbocycles. The van der Waals surface area contributed by atoms with E-state index in [0.717, 1.165) is 11.6 Å². The van der Waals surface area contributed by atoms with Crippen LogP contribution in [0.4, 0.5) is 5.69 Å². The number of phenolic OH excluding ortho intramolecular Hbond substituents is 1. The van der Waals surface area contributed by atoms with Gasteiger partial charge in [0.15, 0.2) is 0 Å². The van der Waals surface area contributed by atoms with Gasteiger partial charge in [0.1, 0.15) is 5.75 Å². The molecule has 6 heteroatoms. The first-order chi connectivity index (χ1) is 7.80. The number of hydrogen-bond acceptors (Lipinski definition) is 4. The molecular formula is C11H11NO4S. The van der Waals surface area contributed by atoms with Crippen LogP contribution in [0.15, 0.2) is 29.2 Å². The summed E-state index contributed by atoms with van der Waals surface area (Å²) in [6, 6.07) is 5.60. The number of benzene rings is 2. The zero-order valence-corrected chi connectivity index (χ0v) is 9.82. The second kappa shape index (κ2) is 3.61. The fraction of sp³-hybridized carbons (Fsp3) is 0.0909. The Hall–Kier alpha value is -1.79. The van der Waals surface area contributed by atoms with E-state index in [1.54, 1.807) is 19.1 Å². The second-order valence-electron chi connectivity index (χ2n) is 3.81. The molecule has 17 heavy (non-hydrogen) atoms. The molecule has 0 spiro atoms. The summed E-state index contributed by atoms with van der Waals surface area (Å²) in [5.41, 5.74) is 6.96. The summed E-state index contributed by atoms with van der Waals surface area (Å²) in [6.45, 7) is 1.77. The number of fused-ring (bicyclic) bond motifs is 1. The van der Waals surface area contributed by atoms with Gasteiger partial charge in [0.25, 0.3) is 10.1 Å². The van der Waals surface area contributed by atoms with Crippen molar-refractivity contribution in [2.75, 3.05) is 5.73 Å². The average molecular weight is 253 g/mol. The van der Waals surface area contributed by atoms with Crippen LogP contribution in [-0.4, -0.2) is 18.1 Å². The number of aryl methyl sites for hydroxylation is 1. The van der Waals surface area contributed by atoms with Crippen molar-refractivity contribution in [2.24, 2.45) is 0 Å². The molecule has 5 nitrogen and oxygen atoms in total. The maximum Gasteiger partial charge on any atom is 0.294 e. The minimum atomic E-state index is -4.36. The van der Waals surface area contributed by atoms with Gasteiger partial charge < -0.3 is 10.8 Å². The van der Waals surface area contributed by atoms with Crippen LogP contribution in [0.25, 0.3) is 10.8 Å². The first-order valence-electron chi connectivity index (χ1n) is 4.80. The lowest BCUT2D eigenvalue weighted by Gasteiger charge is -2.08. The fourth-order valence-electron chi connectivity index (χ4n) is 1.67. The number of anilines is 1. The highest BCUT2D eigenvalue weighted by Gasteiger charge is 2.14. The van der Waals surface area contributed by atoms with Gasteiger partial charge in [-0.3, -0.25) is 4.55 Å². The molecule has 0 fully saturated rings. The monoisotopic (exact) mass is 253 g/mol. The van der Waals surface area contributed by atoms with Crippen LogP contribution < -0.4 is 5.73 Å². The molecular weight excluding hydrogens is 242 g/mol. The maximum absolute atomic E-state index is 11.0. The predicted molar refractivity (Wildman–Crippen MR) is 64.6 cm³/mol. The first kappa shape index (κ1) is 11.7. The Bertz CT molecular complexity index is 707. The van der Waals surface area contributed by atoms with Gasteiger partial charge in [-0.1, -0.05) is 12.1 Å². The van der Waals surface area contributed by atoms with Gasteiger partial charge in [-0.05, 0) is 18.6 Å². The molecule has 0 radical (unpaired) electrons. The molecule has 0 aromatic heterocycles. The van der Waals surface area contributed by atoms with E-state index in [1.165, 1.54) is 6.07 Å². The van der Waals surface area contributed by atoms with Crippen molar-refractivity contribution in [3.8, 4) is 5.75 Å². The average Bonchev–Trinajstić information content (AvgIpc) is 2.22. The van der Waals surface area contributed by atoms with Crippen LogP contribution in [-0.2, 0) is 10.1 Å². The molecule has 4 N–H and O–H groups in total. The van der Waals surface area contributed by atoms with Crippen molar-refractivity contribution < 1.29 is 18.1 Å². The van der Waals surface area contributed by atoms with Crippen molar-refractivity contribution in [1.29, 1.82) is 0 Å². The molecule has 0 aliphatic heterocycles. The molecule has 0 saturated heterocycles. The van der Waals surface area contributed by atoms with E-state index in [4.69, 9.17) is 10.3 Å². The summed E-state index contributed by atoms with van der Waals surface area (Å²) in [4.78, 5) is -0.375. The van der Waals surface area contributed by atoms with Gasteiger partial charge in [0, 0.05) is 22.5 Å². The van der Waals surface area contributed by atoms with E-state index < -0.39 is 10.1 Å². The van der Waals surface area contributed by atoms with Crippen LogP contribution in [0, 0.1) is 6.92 Å². The minimum Gasteiger partial charge on any atom is -0.507 e. The second-order valence-corrected chi connectivity index (χ2v) is 5.23. The largest absolute Gasteiger partial charge is 0.507 e. The Morgan fingerprint density at radius 3 is 2.41 bits per heavy atom. The van der Waals surface area contributed by atoms with Crippen LogP contribution in [0.2, 0.25) is 0 Å². The minimum absolute atomic E-state index is 0.234. The molecule has 0 amide bonds. The molecule has 0 saturated carbocycles. The van der Waals surface area contributed by atoms with Crippen LogP contribution in [0.3, 0.4) is 0 Å². The molecule has 2 aromatic rings. The van der Waals surface area contributed by atoms with Gasteiger partial charge in [-0.25, -0.2) is 0 Å². The van der Waals surface area contributed by atoms with Gasteiger partial charge in [0.05, 0.1) is 4.90 Å². The molecule has 2 rings (SSSR count). The quantitative estimate of drug-likeness (QED) is 0.530. The Morgan fingerprint density at radius 2 is 1.82 bits per heavy atom. The summed E-state index contributed by atoms with van der Waals surface area (Å²) >= 11 is 0. The number of nitrogens with two attached hydrogens (primary N) is 1. The SMILES string of the molecule is Cc1ccc2c(O)cc(S(=O)(=O)O)cc2c1N. The molecule has 0 aliphatic carbocycles. The predicted octanol–water partition coefficient (Wildman–Crippen LogP) is 1.68. The lowest BCUT2D eigenvalue weighted by Crippen LogP contribution is -1.99. The number of nitrogen functional groups attached to an aromatic ring is 1. The topological polar surface area (TPSA) is 101 Å². The zero-order valence-electron chi connectivity index (χ0n) is 9.01. The van der Waals surface area contributed by atoms with E-state index in [1.807, 2.05) is 0 Å². The number of rotatable bonds is 1. The Morgan fingerprint density at radius 1 is 1.18 bits per heavy atom. The third kappa shape index (κ3) is 1.92. The summed E-state index contributed by atoms with van der Waals surface area (Å²) < 4.78 is 31.0. The van der Waals surface area contributed by atoms with Crippen molar-refractivity contribution in [3.05, 3.63) is 29.8 Å². The number of hydrogen-bond donors (Lipinski definition) is 3. The van der Waals surface area contributed by atoms with Crippen molar-refractivity contribution in [2.45, 2.75) is 11.8 Å². The highest BCUT2D eigenvalue weighted by Crippen LogP contribution is 2.33. The normalized spacial score (nSPS) is 11.9. The number of aromatic hydroxyl groups is 1. The molecule has 0 bridgehead atoms. The highest BCUT2D eigenvalue weighted by atomic mass is 32.2. The van der Waals surface area contributed by atoms with E-state index in [0.29, 0.717) is 16.5 Å². The van der Waals surface area contributed by atoms with Crippen LogP contribution in [0.5, 0.6) is 5.75 Å². The van der Waals surface area contributed by atoms with Crippen molar-refractivity contribution in [3.63, 3.8) is 0 Å². The van der Waals surface area contributed by atoms with Crippen LogP contribution in [0.1, 0.15) is 5.56 Å². The summed E-state index contributed by atoms with van der Waals surface area (Å²) in [5, 5.41) is 10.5. The van der Waals surface area contributed by atoms with E-state index in [9.17, 15) is 13.5 Å². The molecule has 0 atom stereocenters. The first-order valence-corrected chi connectivity index (χ1v) is 6.24. The third-order valence-corrected chi connectivity index (χ3v) is 3.48. The summed E-state index contributed by atoms with van der Waals surface area (Å²) in [7, 11) is -4.36. The van der Waals surface area contributed by atoms with Crippen molar-refractivity contribution >= 4 is 26.6 Å². The number of phenols is 1.